The van der Waals surface area contributed by atoms with Crippen molar-refractivity contribution in [2.24, 2.45) is 0 Å². The molecule has 3 aromatic heterocycles. The van der Waals surface area contributed by atoms with Gasteiger partial charge in [-0.05, 0) is 32.8 Å². The first-order valence-electron chi connectivity index (χ1n) is 9.20. The number of nitrogens with zero attached hydrogens (tertiary/aromatic N) is 4. The lowest BCUT2D eigenvalue weighted by molar-refractivity contribution is 0.102. The van der Waals surface area contributed by atoms with E-state index in [4.69, 9.17) is 10.2 Å². The number of aromatic nitrogens is 5. The second-order valence-electron chi connectivity index (χ2n) is 6.77. The van der Waals surface area contributed by atoms with Gasteiger partial charge >= 0.3 is 5.69 Å². The fourth-order valence-electron chi connectivity index (χ4n) is 3.23. The molecule has 0 spiro atoms. The van der Waals surface area contributed by atoms with Gasteiger partial charge < -0.3 is 14.7 Å². The van der Waals surface area contributed by atoms with E-state index < -0.39 is 17.0 Å². The summed E-state index contributed by atoms with van der Waals surface area (Å²) < 4.78 is 8.50. The van der Waals surface area contributed by atoms with Crippen LogP contribution >= 0.6 is 11.8 Å². The van der Waals surface area contributed by atoms with Gasteiger partial charge in [-0.2, -0.15) is 0 Å². The third kappa shape index (κ3) is 3.41. The summed E-state index contributed by atoms with van der Waals surface area (Å²) in [4.78, 5) is 39.2. The zero-order chi connectivity index (χ0) is 20.7. The van der Waals surface area contributed by atoms with E-state index in [1.54, 1.807) is 6.26 Å². The van der Waals surface area contributed by atoms with Gasteiger partial charge in [-0.3, -0.25) is 19.1 Å². The molecular formula is C18H20N6O4S. The van der Waals surface area contributed by atoms with Crippen molar-refractivity contribution in [3.05, 3.63) is 44.5 Å². The number of anilines is 1. The Bertz CT molecular complexity index is 1200. The Morgan fingerprint density at radius 2 is 2.14 bits per heavy atom. The summed E-state index contributed by atoms with van der Waals surface area (Å²) in [6, 6.07) is 1.76. The first-order chi connectivity index (χ1) is 13.9. The molecule has 10 nitrogen and oxygen atoms in total. The molecule has 0 unspecified atom stereocenters. The summed E-state index contributed by atoms with van der Waals surface area (Å²) in [5.74, 6) is 0.779. The number of nitrogen functional groups attached to an aromatic ring is 1. The molecule has 0 aliphatic heterocycles. The predicted molar refractivity (Wildman–Crippen MR) is 107 cm³/mol. The van der Waals surface area contributed by atoms with Crippen molar-refractivity contribution in [3.8, 4) is 11.4 Å². The molecule has 0 bridgehead atoms. The van der Waals surface area contributed by atoms with Crippen LogP contribution in [0.15, 0.2) is 31.5 Å². The molecule has 1 saturated carbocycles. The molecular weight excluding hydrogens is 396 g/mol. The van der Waals surface area contributed by atoms with Gasteiger partial charge in [0.15, 0.2) is 16.8 Å². The number of nitrogens with two attached hydrogens (primary N) is 1. The molecule has 0 radical (unpaired) electrons. The van der Waals surface area contributed by atoms with E-state index in [1.807, 2.05) is 24.5 Å². The Morgan fingerprint density at radius 3 is 2.76 bits per heavy atom. The number of ketones is 1. The number of hydrogen-bond donors (Lipinski definition) is 2. The van der Waals surface area contributed by atoms with Crippen LogP contribution in [0.4, 0.5) is 5.82 Å². The normalized spacial score (nSPS) is 13.7. The van der Waals surface area contributed by atoms with E-state index in [9.17, 15) is 14.4 Å². The topological polar surface area (TPSA) is 142 Å². The summed E-state index contributed by atoms with van der Waals surface area (Å²) in [6.07, 6.45) is 3.18. The van der Waals surface area contributed by atoms with E-state index >= 15 is 0 Å². The molecule has 3 heterocycles. The van der Waals surface area contributed by atoms with Crippen molar-refractivity contribution in [2.75, 3.05) is 11.5 Å². The molecule has 29 heavy (non-hydrogen) atoms. The molecule has 1 aliphatic rings. The average molecular weight is 416 g/mol. The zero-order valence-electron chi connectivity index (χ0n) is 16.0. The fourth-order valence-corrected chi connectivity index (χ4v) is 4.10. The number of furan rings is 1. The standard InChI is InChI=1S/C18H20N6O4S/c1-3-23-15(11-6-7-28-9(11)2)21-22-18(23)29-8-12(25)13-14(19)24(10-4-5-10)17(27)20-16(13)26/h6-7,10H,3-5,8,19H2,1-2H3,(H,20,26,27). The third-order valence-electron chi connectivity index (χ3n) is 4.84. The van der Waals surface area contributed by atoms with Crippen LogP contribution in [0.2, 0.25) is 0 Å². The minimum atomic E-state index is -0.762. The Kier molecular flexibility index (Phi) is 4.91. The van der Waals surface area contributed by atoms with Crippen molar-refractivity contribution in [1.29, 1.82) is 0 Å². The lowest BCUT2D eigenvalue weighted by atomic mass is 10.2. The van der Waals surface area contributed by atoms with Crippen LogP contribution in [0.1, 0.15) is 41.9 Å². The van der Waals surface area contributed by atoms with E-state index in [2.05, 4.69) is 15.2 Å². The van der Waals surface area contributed by atoms with E-state index in [0.29, 0.717) is 17.5 Å². The largest absolute Gasteiger partial charge is 0.469 e. The summed E-state index contributed by atoms with van der Waals surface area (Å²) in [5.41, 5.74) is 5.31. The van der Waals surface area contributed by atoms with Crippen molar-refractivity contribution in [1.82, 2.24) is 24.3 Å². The summed E-state index contributed by atoms with van der Waals surface area (Å²) in [6.45, 7) is 4.38. The molecule has 3 N–H and O–H groups in total. The summed E-state index contributed by atoms with van der Waals surface area (Å²) >= 11 is 1.16. The van der Waals surface area contributed by atoms with Gasteiger partial charge in [0.25, 0.3) is 5.56 Å². The number of rotatable bonds is 7. The molecule has 1 aliphatic carbocycles. The van der Waals surface area contributed by atoms with Gasteiger partial charge in [0.2, 0.25) is 0 Å². The molecule has 0 atom stereocenters. The number of aryl methyl sites for hydroxylation is 1. The van der Waals surface area contributed by atoms with Crippen molar-refractivity contribution in [3.63, 3.8) is 0 Å². The van der Waals surface area contributed by atoms with Crippen LogP contribution in [-0.4, -0.2) is 35.9 Å². The van der Waals surface area contributed by atoms with Gasteiger partial charge in [-0.25, -0.2) is 4.79 Å². The molecule has 0 saturated heterocycles. The zero-order valence-corrected chi connectivity index (χ0v) is 16.8. The van der Waals surface area contributed by atoms with Gasteiger partial charge in [-0.1, -0.05) is 11.8 Å². The second-order valence-corrected chi connectivity index (χ2v) is 7.72. The Morgan fingerprint density at radius 1 is 1.38 bits per heavy atom. The molecule has 0 amide bonds. The molecule has 152 valence electrons. The monoisotopic (exact) mass is 416 g/mol. The Hall–Kier alpha value is -3.08. The maximum absolute atomic E-state index is 12.7. The van der Waals surface area contributed by atoms with E-state index in [1.165, 1.54) is 4.57 Å². The number of thioether (sulfide) groups is 1. The minimum absolute atomic E-state index is 0.0532. The Balaban J connectivity index is 1.59. The molecule has 1 fully saturated rings. The van der Waals surface area contributed by atoms with Gasteiger partial charge in [0.1, 0.15) is 17.1 Å². The summed E-state index contributed by atoms with van der Waals surface area (Å²) in [5, 5.41) is 8.93. The van der Waals surface area contributed by atoms with Crippen LogP contribution in [0.5, 0.6) is 0 Å². The van der Waals surface area contributed by atoms with E-state index in [0.717, 1.165) is 35.9 Å². The van der Waals surface area contributed by atoms with Crippen molar-refractivity contribution in [2.45, 2.75) is 44.4 Å². The molecule has 11 heteroatoms. The van der Waals surface area contributed by atoms with Gasteiger partial charge in [0.05, 0.1) is 17.6 Å². The number of carbonyl (C=O) groups excluding carboxylic acids is 1. The average Bonchev–Trinajstić information content (AvgIpc) is 3.27. The highest BCUT2D eigenvalue weighted by Gasteiger charge is 2.30. The number of Topliss-reactive ketones (excluding diaryl/α,β-unsaturated/α-hetero) is 1. The molecule has 3 aromatic rings. The quantitative estimate of drug-likeness (QED) is 0.437. The number of nitrogens with one attached hydrogen (secondary N) is 1. The molecule has 4 rings (SSSR count). The first-order valence-corrected chi connectivity index (χ1v) is 10.2. The lowest BCUT2D eigenvalue weighted by Gasteiger charge is -2.11. The van der Waals surface area contributed by atoms with Crippen molar-refractivity contribution < 1.29 is 9.21 Å². The third-order valence-corrected chi connectivity index (χ3v) is 5.80. The SMILES string of the molecule is CCn1c(SCC(=O)c2c(N)n(C3CC3)c(=O)[nH]c2=O)nnc1-c1ccoc1C. The summed E-state index contributed by atoms with van der Waals surface area (Å²) in [7, 11) is 0. The Labute approximate surface area is 169 Å². The van der Waals surface area contributed by atoms with Crippen molar-refractivity contribution >= 4 is 23.4 Å². The molecule has 0 aromatic carbocycles. The highest BCUT2D eigenvalue weighted by Crippen LogP contribution is 2.35. The van der Waals surface area contributed by atoms with Crippen LogP contribution in [0.25, 0.3) is 11.4 Å². The highest BCUT2D eigenvalue weighted by atomic mass is 32.2. The van der Waals surface area contributed by atoms with Crippen LogP contribution in [-0.2, 0) is 6.54 Å². The minimum Gasteiger partial charge on any atom is -0.469 e. The number of aromatic amines is 1. The predicted octanol–water partition coefficient (Wildman–Crippen LogP) is 1.61. The number of hydrogen-bond acceptors (Lipinski definition) is 8. The van der Waals surface area contributed by atoms with Crippen LogP contribution < -0.4 is 17.0 Å². The number of carbonyl (C=O) groups is 1. The van der Waals surface area contributed by atoms with Gasteiger partial charge in [0, 0.05) is 12.6 Å². The second kappa shape index (κ2) is 7.39. The van der Waals surface area contributed by atoms with Crippen LogP contribution in [0.3, 0.4) is 0 Å². The highest BCUT2D eigenvalue weighted by molar-refractivity contribution is 7.99. The van der Waals surface area contributed by atoms with Crippen LogP contribution in [0, 0.1) is 6.92 Å². The smallest absolute Gasteiger partial charge is 0.330 e. The fraction of sp³-hybridized carbons (Fsp3) is 0.389. The maximum Gasteiger partial charge on any atom is 0.330 e. The number of H-pyrrole nitrogens is 1. The lowest BCUT2D eigenvalue weighted by Crippen LogP contribution is -2.36. The maximum atomic E-state index is 12.7. The van der Waals surface area contributed by atoms with Gasteiger partial charge in [-0.15, -0.1) is 10.2 Å². The van der Waals surface area contributed by atoms with E-state index in [-0.39, 0.29) is 23.2 Å². The first kappa shape index (κ1) is 19.2.